The van der Waals surface area contributed by atoms with E-state index in [1.54, 1.807) is 12.2 Å². The van der Waals surface area contributed by atoms with Crippen LogP contribution in [0.3, 0.4) is 0 Å². The SMILES string of the molecule is Cc1ccc(C=CC(=O)N2CCCN(CCO)CC2)o1. The van der Waals surface area contributed by atoms with E-state index < -0.39 is 0 Å². The summed E-state index contributed by atoms with van der Waals surface area (Å²) in [7, 11) is 0. The molecule has 1 aromatic rings. The quantitative estimate of drug-likeness (QED) is 0.839. The zero-order valence-electron chi connectivity index (χ0n) is 11.9. The van der Waals surface area contributed by atoms with Gasteiger partial charge in [0.15, 0.2) is 0 Å². The zero-order valence-corrected chi connectivity index (χ0v) is 11.9. The molecule has 0 aliphatic carbocycles. The van der Waals surface area contributed by atoms with Gasteiger partial charge in [-0.2, -0.15) is 0 Å². The molecule has 110 valence electrons. The van der Waals surface area contributed by atoms with Crippen LogP contribution in [-0.4, -0.2) is 60.1 Å². The van der Waals surface area contributed by atoms with Crippen molar-refractivity contribution < 1.29 is 14.3 Å². The van der Waals surface area contributed by atoms with Crippen LogP contribution in [0, 0.1) is 6.92 Å². The molecular formula is C15H22N2O3. The van der Waals surface area contributed by atoms with E-state index >= 15 is 0 Å². The number of aliphatic hydroxyl groups is 1. The third-order valence-electron chi connectivity index (χ3n) is 3.47. The van der Waals surface area contributed by atoms with Gasteiger partial charge in [0.25, 0.3) is 0 Å². The highest BCUT2D eigenvalue weighted by atomic mass is 16.3. The molecule has 1 amide bonds. The fourth-order valence-electron chi connectivity index (χ4n) is 2.36. The zero-order chi connectivity index (χ0) is 14.4. The lowest BCUT2D eigenvalue weighted by molar-refractivity contribution is -0.125. The summed E-state index contributed by atoms with van der Waals surface area (Å²) in [6.45, 7) is 5.97. The van der Waals surface area contributed by atoms with Crippen molar-refractivity contribution in [3.8, 4) is 0 Å². The molecule has 0 bridgehead atoms. The van der Waals surface area contributed by atoms with E-state index in [2.05, 4.69) is 4.90 Å². The number of carbonyl (C=O) groups excluding carboxylic acids is 1. The smallest absolute Gasteiger partial charge is 0.246 e. The predicted octanol–water partition coefficient (Wildman–Crippen LogP) is 1.13. The summed E-state index contributed by atoms with van der Waals surface area (Å²) in [5, 5.41) is 8.95. The molecule has 0 radical (unpaired) electrons. The van der Waals surface area contributed by atoms with E-state index in [0.29, 0.717) is 18.8 Å². The number of β-amino-alcohol motifs (C(OH)–C–C–N with tert-alkyl or cyclic N) is 1. The van der Waals surface area contributed by atoms with Crippen molar-refractivity contribution in [2.75, 3.05) is 39.3 Å². The van der Waals surface area contributed by atoms with Crippen molar-refractivity contribution in [2.24, 2.45) is 0 Å². The number of aliphatic hydroxyl groups excluding tert-OH is 1. The lowest BCUT2D eigenvalue weighted by atomic mass is 10.3. The molecule has 5 heteroatoms. The van der Waals surface area contributed by atoms with Crippen LogP contribution in [0.5, 0.6) is 0 Å². The summed E-state index contributed by atoms with van der Waals surface area (Å²) in [4.78, 5) is 16.2. The molecule has 0 atom stereocenters. The maximum absolute atomic E-state index is 12.1. The monoisotopic (exact) mass is 278 g/mol. The Hall–Kier alpha value is -1.59. The van der Waals surface area contributed by atoms with Gasteiger partial charge in [-0.3, -0.25) is 9.69 Å². The fraction of sp³-hybridized carbons (Fsp3) is 0.533. The summed E-state index contributed by atoms with van der Waals surface area (Å²) in [6.07, 6.45) is 4.23. The minimum Gasteiger partial charge on any atom is -0.462 e. The molecule has 2 heterocycles. The van der Waals surface area contributed by atoms with E-state index in [4.69, 9.17) is 9.52 Å². The molecule has 0 spiro atoms. The Balaban J connectivity index is 1.87. The van der Waals surface area contributed by atoms with E-state index in [1.165, 1.54) is 0 Å². The molecule has 1 saturated heterocycles. The molecule has 1 aliphatic rings. The van der Waals surface area contributed by atoms with E-state index in [9.17, 15) is 4.79 Å². The lowest BCUT2D eigenvalue weighted by Gasteiger charge is -2.20. The number of hydrogen-bond donors (Lipinski definition) is 1. The minimum absolute atomic E-state index is 0.0184. The molecule has 1 aliphatic heterocycles. The van der Waals surface area contributed by atoms with Crippen molar-refractivity contribution >= 4 is 12.0 Å². The summed E-state index contributed by atoms with van der Waals surface area (Å²) >= 11 is 0. The van der Waals surface area contributed by atoms with Gasteiger partial charge in [-0.15, -0.1) is 0 Å². The second-order valence-electron chi connectivity index (χ2n) is 5.03. The van der Waals surface area contributed by atoms with E-state index in [0.717, 1.165) is 31.8 Å². The Morgan fingerprint density at radius 1 is 1.35 bits per heavy atom. The van der Waals surface area contributed by atoms with Gasteiger partial charge in [-0.1, -0.05) is 0 Å². The third-order valence-corrected chi connectivity index (χ3v) is 3.47. The van der Waals surface area contributed by atoms with Crippen LogP contribution in [0.4, 0.5) is 0 Å². The topological polar surface area (TPSA) is 56.9 Å². The lowest BCUT2D eigenvalue weighted by Crippen LogP contribution is -2.35. The maximum Gasteiger partial charge on any atom is 0.246 e. The Kier molecular flexibility index (Phi) is 5.38. The van der Waals surface area contributed by atoms with Gasteiger partial charge < -0.3 is 14.4 Å². The van der Waals surface area contributed by atoms with Crippen LogP contribution in [-0.2, 0) is 4.79 Å². The Morgan fingerprint density at radius 2 is 2.20 bits per heavy atom. The standard InChI is InChI=1S/C15H22N2O3/c1-13-3-4-14(20-13)5-6-15(19)17-8-2-7-16(9-10-17)11-12-18/h3-6,18H,2,7-12H2,1H3. The van der Waals surface area contributed by atoms with Gasteiger partial charge in [0, 0.05) is 32.3 Å². The van der Waals surface area contributed by atoms with Crippen molar-refractivity contribution in [1.29, 1.82) is 0 Å². The number of furan rings is 1. The number of amides is 1. The Bertz CT molecular complexity index is 467. The number of aryl methyl sites for hydroxylation is 1. The van der Waals surface area contributed by atoms with Crippen LogP contribution in [0.25, 0.3) is 6.08 Å². The molecule has 5 nitrogen and oxygen atoms in total. The molecular weight excluding hydrogens is 256 g/mol. The van der Waals surface area contributed by atoms with E-state index in [1.807, 2.05) is 24.0 Å². The molecule has 20 heavy (non-hydrogen) atoms. The number of carbonyl (C=O) groups is 1. The molecule has 2 rings (SSSR count). The maximum atomic E-state index is 12.1. The number of nitrogens with zero attached hydrogens (tertiary/aromatic N) is 2. The summed E-state index contributed by atoms with van der Waals surface area (Å²) in [5.41, 5.74) is 0. The average Bonchev–Trinajstić information content (AvgIpc) is 2.71. The fourth-order valence-corrected chi connectivity index (χ4v) is 2.36. The second kappa shape index (κ2) is 7.26. The third kappa shape index (κ3) is 4.21. The number of hydrogen-bond acceptors (Lipinski definition) is 4. The van der Waals surface area contributed by atoms with Gasteiger partial charge in [0.1, 0.15) is 11.5 Å². The predicted molar refractivity (Wildman–Crippen MR) is 77.2 cm³/mol. The van der Waals surface area contributed by atoms with Gasteiger partial charge >= 0.3 is 0 Å². The van der Waals surface area contributed by atoms with Crippen molar-refractivity contribution in [3.63, 3.8) is 0 Å². The Labute approximate surface area is 119 Å². The first-order valence-corrected chi connectivity index (χ1v) is 7.05. The summed E-state index contributed by atoms with van der Waals surface area (Å²) in [5.74, 6) is 1.56. The van der Waals surface area contributed by atoms with Crippen molar-refractivity contribution in [1.82, 2.24) is 9.80 Å². The van der Waals surface area contributed by atoms with Crippen molar-refractivity contribution in [3.05, 3.63) is 29.7 Å². The first-order chi connectivity index (χ1) is 9.69. The van der Waals surface area contributed by atoms with Gasteiger partial charge in [-0.05, 0) is 38.1 Å². The first kappa shape index (κ1) is 14.8. The van der Waals surface area contributed by atoms with Crippen LogP contribution in [0.2, 0.25) is 0 Å². The molecule has 1 N–H and O–H groups in total. The number of rotatable bonds is 4. The summed E-state index contributed by atoms with van der Waals surface area (Å²) in [6, 6.07) is 3.73. The highest BCUT2D eigenvalue weighted by Crippen LogP contribution is 2.09. The van der Waals surface area contributed by atoms with Crippen LogP contribution in [0.1, 0.15) is 17.9 Å². The van der Waals surface area contributed by atoms with Gasteiger partial charge in [0.05, 0.1) is 6.61 Å². The largest absolute Gasteiger partial charge is 0.462 e. The molecule has 0 unspecified atom stereocenters. The van der Waals surface area contributed by atoms with Crippen LogP contribution >= 0.6 is 0 Å². The normalized spacial score (nSPS) is 17.6. The van der Waals surface area contributed by atoms with Gasteiger partial charge in [-0.25, -0.2) is 0 Å². The second-order valence-corrected chi connectivity index (χ2v) is 5.03. The molecule has 0 saturated carbocycles. The average molecular weight is 278 g/mol. The van der Waals surface area contributed by atoms with E-state index in [-0.39, 0.29) is 12.5 Å². The van der Waals surface area contributed by atoms with Crippen molar-refractivity contribution in [2.45, 2.75) is 13.3 Å². The minimum atomic E-state index is 0.0184. The first-order valence-electron chi connectivity index (χ1n) is 7.05. The molecule has 1 fully saturated rings. The highest BCUT2D eigenvalue weighted by Gasteiger charge is 2.16. The molecule has 1 aromatic heterocycles. The van der Waals surface area contributed by atoms with Crippen LogP contribution in [0.15, 0.2) is 22.6 Å². The summed E-state index contributed by atoms with van der Waals surface area (Å²) < 4.78 is 5.40. The Morgan fingerprint density at radius 3 is 2.90 bits per heavy atom. The van der Waals surface area contributed by atoms with Gasteiger partial charge in [0.2, 0.25) is 5.91 Å². The molecule has 0 aromatic carbocycles. The highest BCUT2D eigenvalue weighted by molar-refractivity contribution is 5.91. The van der Waals surface area contributed by atoms with Crippen LogP contribution < -0.4 is 0 Å².